The second-order valence-electron chi connectivity index (χ2n) is 6.04. The number of amides is 4. The maximum absolute atomic E-state index is 12.2. The van der Waals surface area contributed by atoms with Crippen molar-refractivity contribution in [2.24, 2.45) is 11.5 Å². The molecule has 0 heterocycles. The van der Waals surface area contributed by atoms with Crippen LogP contribution in [0.2, 0.25) is 0 Å². The van der Waals surface area contributed by atoms with Gasteiger partial charge in [-0.15, -0.1) is 0 Å². The summed E-state index contributed by atoms with van der Waals surface area (Å²) in [4.78, 5) is 79.0. The summed E-state index contributed by atoms with van der Waals surface area (Å²) in [6.07, 6.45) is -2.32. The van der Waals surface area contributed by atoms with E-state index < -0.39 is 79.0 Å². The number of carbonyl (C=O) groups is 7. The van der Waals surface area contributed by atoms with Gasteiger partial charge >= 0.3 is 17.9 Å². The van der Waals surface area contributed by atoms with Gasteiger partial charge in [-0.05, 0) is 6.42 Å². The zero-order valence-electron chi connectivity index (χ0n) is 15.6. The van der Waals surface area contributed by atoms with Crippen molar-refractivity contribution in [1.29, 1.82) is 0 Å². The molecule has 30 heavy (non-hydrogen) atoms. The predicted molar refractivity (Wildman–Crippen MR) is 95.4 cm³/mol. The van der Waals surface area contributed by atoms with Crippen molar-refractivity contribution < 1.29 is 48.9 Å². The normalized spacial score (nSPS) is 13.2. The van der Waals surface area contributed by atoms with Crippen LogP contribution in [0.4, 0.5) is 0 Å². The van der Waals surface area contributed by atoms with Crippen molar-refractivity contribution in [1.82, 2.24) is 16.0 Å². The molecule has 0 saturated heterocycles. The van der Waals surface area contributed by atoms with Crippen LogP contribution in [0.3, 0.4) is 0 Å². The molecule has 0 rings (SSSR count). The third-order valence-corrected chi connectivity index (χ3v) is 3.48. The molecular weight excluding hydrogens is 410 g/mol. The van der Waals surface area contributed by atoms with Gasteiger partial charge in [-0.3, -0.25) is 28.8 Å². The molecule has 0 spiro atoms. The molecule has 0 aliphatic heterocycles. The van der Waals surface area contributed by atoms with Gasteiger partial charge in [-0.2, -0.15) is 0 Å². The molecule has 0 radical (unpaired) electrons. The standard InChI is InChI=1S/C15H23N5O10/c16-6(3-11(23)24)13(27)18-5-10(22)19-7(1-2-9(17)21)14(28)20-8(15(29)30)4-12(25)26/h6-8H,1-5,16H2,(H2,17,21)(H,18,27)(H,19,22)(H,20,28)(H,23,24)(H,25,26)(H,29,30). The zero-order valence-corrected chi connectivity index (χ0v) is 15.6. The first kappa shape index (κ1) is 26.2. The first-order chi connectivity index (χ1) is 13.8. The zero-order chi connectivity index (χ0) is 23.4. The number of carboxylic acids is 3. The van der Waals surface area contributed by atoms with Gasteiger partial charge < -0.3 is 42.7 Å². The lowest BCUT2D eigenvalue weighted by Gasteiger charge is -2.21. The average molecular weight is 433 g/mol. The molecule has 10 N–H and O–H groups in total. The van der Waals surface area contributed by atoms with E-state index in [0.29, 0.717) is 0 Å². The molecule has 168 valence electrons. The van der Waals surface area contributed by atoms with Crippen LogP contribution in [0, 0.1) is 0 Å². The number of aliphatic carboxylic acids is 3. The lowest BCUT2D eigenvalue weighted by molar-refractivity contribution is -0.147. The second-order valence-corrected chi connectivity index (χ2v) is 6.04. The minimum atomic E-state index is -1.79. The van der Waals surface area contributed by atoms with E-state index in [4.69, 9.17) is 26.8 Å². The Morgan fingerprint density at radius 2 is 1.37 bits per heavy atom. The fraction of sp³-hybridized carbons (Fsp3) is 0.533. The van der Waals surface area contributed by atoms with Crippen molar-refractivity contribution in [2.45, 2.75) is 43.8 Å². The Morgan fingerprint density at radius 1 is 0.800 bits per heavy atom. The van der Waals surface area contributed by atoms with E-state index in [9.17, 15) is 33.6 Å². The summed E-state index contributed by atoms with van der Waals surface area (Å²) >= 11 is 0. The minimum absolute atomic E-state index is 0.335. The van der Waals surface area contributed by atoms with E-state index >= 15 is 0 Å². The second kappa shape index (κ2) is 12.7. The van der Waals surface area contributed by atoms with E-state index in [1.165, 1.54) is 0 Å². The van der Waals surface area contributed by atoms with Crippen molar-refractivity contribution >= 4 is 41.5 Å². The van der Waals surface area contributed by atoms with Crippen LogP contribution in [-0.2, 0) is 33.6 Å². The van der Waals surface area contributed by atoms with Gasteiger partial charge in [0.15, 0.2) is 0 Å². The smallest absolute Gasteiger partial charge is 0.326 e. The largest absolute Gasteiger partial charge is 0.481 e. The third-order valence-electron chi connectivity index (χ3n) is 3.48. The highest BCUT2D eigenvalue weighted by molar-refractivity contribution is 5.94. The molecule has 3 unspecified atom stereocenters. The number of hydrogen-bond donors (Lipinski definition) is 8. The molecule has 4 amide bonds. The van der Waals surface area contributed by atoms with Gasteiger partial charge in [0, 0.05) is 6.42 Å². The van der Waals surface area contributed by atoms with Crippen LogP contribution in [0.25, 0.3) is 0 Å². The lowest BCUT2D eigenvalue weighted by Crippen LogP contribution is -2.54. The van der Waals surface area contributed by atoms with Gasteiger partial charge in [0.25, 0.3) is 0 Å². The van der Waals surface area contributed by atoms with Crippen molar-refractivity contribution in [3.63, 3.8) is 0 Å². The van der Waals surface area contributed by atoms with Crippen molar-refractivity contribution in [3.05, 3.63) is 0 Å². The Labute approximate surface area is 169 Å². The number of primary amides is 1. The molecule has 0 aromatic carbocycles. The van der Waals surface area contributed by atoms with E-state index in [2.05, 4.69) is 5.32 Å². The molecule has 0 saturated carbocycles. The molecular formula is C15H23N5O10. The quantitative estimate of drug-likeness (QED) is 0.130. The summed E-state index contributed by atoms with van der Waals surface area (Å²) in [6.45, 7) is -0.704. The molecule has 15 nitrogen and oxygen atoms in total. The lowest BCUT2D eigenvalue weighted by atomic mass is 10.1. The van der Waals surface area contributed by atoms with E-state index in [1.54, 1.807) is 0 Å². The van der Waals surface area contributed by atoms with Crippen LogP contribution in [0.5, 0.6) is 0 Å². The van der Waals surface area contributed by atoms with E-state index in [-0.39, 0.29) is 12.8 Å². The van der Waals surface area contributed by atoms with Gasteiger partial charge in [0.2, 0.25) is 23.6 Å². The number of carbonyl (C=O) groups excluding carboxylic acids is 4. The first-order valence-electron chi connectivity index (χ1n) is 8.41. The van der Waals surface area contributed by atoms with Crippen LogP contribution in [0.1, 0.15) is 25.7 Å². The van der Waals surface area contributed by atoms with Gasteiger partial charge in [0.05, 0.1) is 25.4 Å². The summed E-state index contributed by atoms with van der Waals surface area (Å²) < 4.78 is 0. The Bertz CT molecular complexity index is 710. The van der Waals surface area contributed by atoms with Gasteiger partial charge in [-0.1, -0.05) is 0 Å². The van der Waals surface area contributed by atoms with Crippen molar-refractivity contribution in [3.8, 4) is 0 Å². The SMILES string of the molecule is NC(=O)CCC(NC(=O)CNC(=O)C(N)CC(=O)O)C(=O)NC(CC(=O)O)C(=O)O. The first-order valence-corrected chi connectivity index (χ1v) is 8.41. The number of nitrogens with one attached hydrogen (secondary N) is 3. The van der Waals surface area contributed by atoms with Crippen molar-refractivity contribution in [2.75, 3.05) is 6.54 Å². The fourth-order valence-corrected chi connectivity index (χ4v) is 2.03. The maximum Gasteiger partial charge on any atom is 0.326 e. The molecule has 0 aliphatic carbocycles. The summed E-state index contributed by atoms with van der Waals surface area (Å²) in [6, 6.07) is -4.68. The predicted octanol–water partition coefficient (Wildman–Crippen LogP) is -4.30. The summed E-state index contributed by atoms with van der Waals surface area (Å²) in [5.74, 6) is -8.27. The number of carboxylic acid groups (broad SMARTS) is 3. The fourth-order valence-electron chi connectivity index (χ4n) is 2.03. The van der Waals surface area contributed by atoms with Crippen LogP contribution >= 0.6 is 0 Å². The molecule has 0 aromatic rings. The topological polar surface area (TPSA) is 268 Å². The van der Waals surface area contributed by atoms with Gasteiger partial charge in [-0.25, -0.2) is 4.79 Å². The molecule has 0 aliphatic rings. The molecule has 0 aromatic heterocycles. The average Bonchev–Trinajstić information content (AvgIpc) is 2.61. The third kappa shape index (κ3) is 11.2. The molecule has 0 fully saturated rings. The highest BCUT2D eigenvalue weighted by Gasteiger charge is 2.28. The molecule has 0 bridgehead atoms. The number of nitrogens with two attached hydrogens (primary N) is 2. The Kier molecular flexibility index (Phi) is 11.1. The number of rotatable bonds is 14. The highest BCUT2D eigenvalue weighted by atomic mass is 16.4. The molecule has 15 heteroatoms. The minimum Gasteiger partial charge on any atom is -0.481 e. The Balaban J connectivity index is 5.00. The maximum atomic E-state index is 12.2. The van der Waals surface area contributed by atoms with E-state index in [1.807, 2.05) is 10.6 Å². The Hall–Kier alpha value is -3.75. The summed E-state index contributed by atoms with van der Waals surface area (Å²) in [7, 11) is 0. The Morgan fingerprint density at radius 3 is 1.83 bits per heavy atom. The molecule has 3 atom stereocenters. The van der Waals surface area contributed by atoms with Crippen LogP contribution < -0.4 is 27.4 Å². The van der Waals surface area contributed by atoms with Gasteiger partial charge in [0.1, 0.15) is 12.1 Å². The summed E-state index contributed by atoms with van der Waals surface area (Å²) in [5, 5.41) is 32.3. The monoisotopic (exact) mass is 433 g/mol. The van der Waals surface area contributed by atoms with E-state index in [0.717, 1.165) is 0 Å². The van der Waals surface area contributed by atoms with Crippen LogP contribution in [-0.4, -0.2) is 81.5 Å². The van der Waals surface area contributed by atoms with Crippen LogP contribution in [0.15, 0.2) is 0 Å². The highest BCUT2D eigenvalue weighted by Crippen LogP contribution is 2.01. The summed E-state index contributed by atoms with van der Waals surface area (Å²) in [5.41, 5.74) is 10.3. The number of hydrogen-bond acceptors (Lipinski definition) is 8.